The minimum absolute atomic E-state index is 0.289. The molecule has 0 saturated carbocycles. The highest BCUT2D eigenvalue weighted by Crippen LogP contribution is 2.25. The van der Waals surface area contributed by atoms with Crippen molar-refractivity contribution in [1.82, 2.24) is 14.9 Å². The molecule has 1 saturated heterocycles. The average molecular weight is 441 g/mol. The van der Waals surface area contributed by atoms with Crippen molar-refractivity contribution >= 4 is 27.3 Å². The fourth-order valence-electron chi connectivity index (χ4n) is 2.82. The number of rotatable bonds is 7. The number of aliphatic imine (C=N–C) groups is 1. The normalized spacial score (nSPS) is 16.0. The van der Waals surface area contributed by atoms with Crippen molar-refractivity contribution in [2.45, 2.75) is 24.2 Å². The number of morpholine rings is 1. The molecule has 0 aliphatic carbocycles. The molecule has 0 bridgehead atoms. The van der Waals surface area contributed by atoms with Gasteiger partial charge < -0.3 is 15.4 Å². The van der Waals surface area contributed by atoms with Crippen molar-refractivity contribution in [3.8, 4) is 0 Å². The first-order valence-corrected chi connectivity index (χ1v) is 11.7. The minimum Gasteiger partial charge on any atom is -0.379 e. The van der Waals surface area contributed by atoms with Crippen LogP contribution in [0.5, 0.6) is 0 Å². The molecule has 158 valence electrons. The van der Waals surface area contributed by atoms with Crippen LogP contribution in [0.25, 0.3) is 0 Å². The van der Waals surface area contributed by atoms with E-state index in [0.29, 0.717) is 56.1 Å². The van der Waals surface area contributed by atoms with Gasteiger partial charge >= 0.3 is 0 Å². The number of thiophene rings is 1. The Hall–Kier alpha value is -2.01. The topological polar surface area (TPSA) is 83.0 Å². The Morgan fingerprint density at radius 2 is 2.03 bits per heavy atom. The van der Waals surface area contributed by atoms with E-state index in [2.05, 4.69) is 15.6 Å². The Labute approximate surface area is 174 Å². The third kappa shape index (κ3) is 5.99. The van der Waals surface area contributed by atoms with Gasteiger partial charge in [0.25, 0.3) is 10.0 Å². The highest BCUT2D eigenvalue weighted by Gasteiger charge is 2.27. The van der Waals surface area contributed by atoms with E-state index in [1.807, 2.05) is 13.0 Å². The molecular formula is C19H25FN4O3S2. The van der Waals surface area contributed by atoms with E-state index < -0.39 is 10.0 Å². The summed E-state index contributed by atoms with van der Waals surface area (Å²) in [4.78, 5) is 5.34. The molecule has 2 N–H and O–H groups in total. The van der Waals surface area contributed by atoms with Gasteiger partial charge in [-0.1, -0.05) is 12.1 Å². The summed E-state index contributed by atoms with van der Waals surface area (Å²) in [6.45, 7) is 5.02. The highest BCUT2D eigenvalue weighted by molar-refractivity contribution is 7.91. The summed E-state index contributed by atoms with van der Waals surface area (Å²) in [6.07, 6.45) is 0. The molecule has 10 heteroatoms. The van der Waals surface area contributed by atoms with Gasteiger partial charge in [0.05, 0.1) is 26.3 Å². The van der Waals surface area contributed by atoms with Gasteiger partial charge in [0, 0.05) is 24.5 Å². The second kappa shape index (κ2) is 10.1. The smallest absolute Gasteiger partial charge is 0.252 e. The number of ether oxygens (including phenoxy) is 1. The van der Waals surface area contributed by atoms with Gasteiger partial charge in [-0.25, -0.2) is 17.8 Å². The lowest BCUT2D eigenvalue weighted by atomic mass is 10.2. The van der Waals surface area contributed by atoms with Crippen LogP contribution in [0.3, 0.4) is 0 Å². The number of benzene rings is 1. The molecule has 7 nitrogen and oxygen atoms in total. The maximum atomic E-state index is 13.3. The Balaban J connectivity index is 1.62. The molecule has 29 heavy (non-hydrogen) atoms. The van der Waals surface area contributed by atoms with E-state index in [4.69, 9.17) is 4.74 Å². The minimum atomic E-state index is -3.48. The third-order valence-electron chi connectivity index (χ3n) is 4.28. The monoisotopic (exact) mass is 440 g/mol. The fourth-order valence-corrected chi connectivity index (χ4v) is 5.68. The van der Waals surface area contributed by atoms with Crippen molar-refractivity contribution in [2.75, 3.05) is 32.8 Å². The number of guanidine groups is 1. The Morgan fingerprint density at radius 3 is 2.76 bits per heavy atom. The summed E-state index contributed by atoms with van der Waals surface area (Å²) in [7, 11) is -3.48. The second-order valence-electron chi connectivity index (χ2n) is 6.42. The summed E-state index contributed by atoms with van der Waals surface area (Å²) < 4.78 is 45.8. The fraction of sp³-hybridized carbons (Fsp3) is 0.421. The predicted octanol–water partition coefficient (Wildman–Crippen LogP) is 2.16. The van der Waals surface area contributed by atoms with Crippen LogP contribution in [0.1, 0.15) is 17.4 Å². The van der Waals surface area contributed by atoms with E-state index in [0.717, 1.165) is 10.4 Å². The van der Waals surface area contributed by atoms with E-state index in [1.54, 1.807) is 18.2 Å². The van der Waals surface area contributed by atoms with Crippen LogP contribution in [-0.2, 0) is 27.8 Å². The zero-order valence-electron chi connectivity index (χ0n) is 16.2. The molecule has 2 aromatic rings. The molecule has 1 aliphatic heterocycles. The van der Waals surface area contributed by atoms with Crippen molar-refractivity contribution in [3.63, 3.8) is 0 Å². The van der Waals surface area contributed by atoms with Crippen molar-refractivity contribution in [1.29, 1.82) is 0 Å². The molecule has 0 spiro atoms. The van der Waals surface area contributed by atoms with Gasteiger partial charge in [-0.15, -0.1) is 11.3 Å². The van der Waals surface area contributed by atoms with Crippen LogP contribution in [0, 0.1) is 5.82 Å². The maximum Gasteiger partial charge on any atom is 0.252 e. The van der Waals surface area contributed by atoms with E-state index >= 15 is 0 Å². The first kappa shape index (κ1) is 21.7. The van der Waals surface area contributed by atoms with Gasteiger partial charge in [-0.3, -0.25) is 0 Å². The summed E-state index contributed by atoms with van der Waals surface area (Å²) >= 11 is 1.24. The Kier molecular flexibility index (Phi) is 7.59. The molecule has 0 radical (unpaired) electrons. The summed E-state index contributed by atoms with van der Waals surface area (Å²) in [5, 5.41) is 6.33. The zero-order valence-corrected chi connectivity index (χ0v) is 17.9. The number of hydrogen-bond acceptors (Lipinski definition) is 5. The molecule has 0 amide bonds. The van der Waals surface area contributed by atoms with Gasteiger partial charge in [-0.2, -0.15) is 4.31 Å². The lowest BCUT2D eigenvalue weighted by Gasteiger charge is -2.25. The van der Waals surface area contributed by atoms with E-state index in [-0.39, 0.29) is 5.82 Å². The van der Waals surface area contributed by atoms with E-state index in [9.17, 15) is 12.8 Å². The zero-order chi connectivity index (χ0) is 20.7. The highest BCUT2D eigenvalue weighted by atomic mass is 32.2. The molecule has 1 aromatic carbocycles. The molecule has 0 atom stereocenters. The van der Waals surface area contributed by atoms with Gasteiger partial charge in [0.2, 0.25) is 0 Å². The molecule has 1 aliphatic rings. The summed E-state index contributed by atoms with van der Waals surface area (Å²) in [5.74, 6) is 0.297. The number of nitrogens with zero attached hydrogens (tertiary/aromatic N) is 2. The van der Waals surface area contributed by atoms with Crippen LogP contribution in [0.2, 0.25) is 0 Å². The molecule has 1 aromatic heterocycles. The van der Waals surface area contributed by atoms with Gasteiger partial charge in [0.15, 0.2) is 5.96 Å². The molecule has 2 heterocycles. The molecule has 0 unspecified atom stereocenters. The summed E-state index contributed by atoms with van der Waals surface area (Å²) in [6, 6.07) is 9.77. The first-order chi connectivity index (χ1) is 14.0. The van der Waals surface area contributed by atoms with Crippen LogP contribution in [0.4, 0.5) is 4.39 Å². The van der Waals surface area contributed by atoms with Gasteiger partial charge in [0.1, 0.15) is 10.0 Å². The largest absolute Gasteiger partial charge is 0.379 e. The van der Waals surface area contributed by atoms with E-state index in [1.165, 1.54) is 27.8 Å². The predicted molar refractivity (Wildman–Crippen MR) is 112 cm³/mol. The number of halogens is 1. The van der Waals surface area contributed by atoms with Crippen LogP contribution >= 0.6 is 11.3 Å². The second-order valence-corrected chi connectivity index (χ2v) is 9.75. The quantitative estimate of drug-likeness (QED) is 0.509. The van der Waals surface area contributed by atoms with Crippen LogP contribution in [0.15, 0.2) is 45.6 Å². The standard InChI is InChI=1S/C19H25FN4O3S2/c1-2-21-19(22-13-15-4-3-5-16(20)12-15)23-14-17-6-7-18(28-17)29(25,26)24-8-10-27-11-9-24/h3-7,12H,2,8-11,13-14H2,1H3,(H2,21,22,23). The van der Waals surface area contributed by atoms with Crippen molar-refractivity contribution in [3.05, 3.63) is 52.7 Å². The van der Waals surface area contributed by atoms with Crippen LogP contribution in [-0.4, -0.2) is 51.5 Å². The number of sulfonamides is 1. The number of hydrogen-bond donors (Lipinski definition) is 2. The first-order valence-electron chi connectivity index (χ1n) is 9.42. The maximum absolute atomic E-state index is 13.3. The Bertz CT molecular complexity index is 940. The average Bonchev–Trinajstić information content (AvgIpc) is 3.21. The SMILES string of the molecule is CCNC(=NCc1cccc(F)c1)NCc1ccc(S(=O)(=O)N2CCOCC2)s1. The third-order valence-corrected chi connectivity index (χ3v) is 7.74. The lowest BCUT2D eigenvalue weighted by Crippen LogP contribution is -2.40. The van der Waals surface area contributed by atoms with Crippen molar-refractivity contribution < 1.29 is 17.5 Å². The summed E-state index contributed by atoms with van der Waals surface area (Å²) in [5.41, 5.74) is 0.775. The van der Waals surface area contributed by atoms with Crippen LogP contribution < -0.4 is 10.6 Å². The van der Waals surface area contributed by atoms with Gasteiger partial charge in [-0.05, 0) is 36.8 Å². The Morgan fingerprint density at radius 1 is 1.24 bits per heavy atom. The molecular weight excluding hydrogens is 415 g/mol. The molecule has 1 fully saturated rings. The molecule has 3 rings (SSSR count). The van der Waals surface area contributed by atoms with Crippen molar-refractivity contribution in [2.24, 2.45) is 4.99 Å². The number of nitrogens with one attached hydrogen (secondary N) is 2. The lowest BCUT2D eigenvalue weighted by molar-refractivity contribution is 0.0731.